The first-order chi connectivity index (χ1) is 11.6. The molecule has 24 heavy (non-hydrogen) atoms. The van der Waals surface area contributed by atoms with E-state index in [9.17, 15) is 4.79 Å². The summed E-state index contributed by atoms with van der Waals surface area (Å²) < 4.78 is 6.97. The van der Waals surface area contributed by atoms with E-state index < -0.39 is 0 Å². The molecule has 1 N–H and O–H groups in total. The first kappa shape index (κ1) is 15.7. The number of nitrogens with one attached hydrogen (secondary N) is 1. The minimum Gasteiger partial charge on any atom is -0.469 e. The lowest BCUT2D eigenvalue weighted by molar-refractivity contribution is 0.0953. The largest absolute Gasteiger partial charge is 0.469 e. The lowest BCUT2D eigenvalue weighted by Crippen LogP contribution is -2.17. The van der Waals surface area contributed by atoms with E-state index in [1.165, 1.54) is 6.26 Å². The number of amides is 1. The van der Waals surface area contributed by atoms with Crippen molar-refractivity contribution in [2.45, 2.75) is 20.8 Å². The van der Waals surface area contributed by atoms with Crippen LogP contribution < -0.4 is 5.43 Å². The zero-order chi connectivity index (χ0) is 17.1. The van der Waals surface area contributed by atoms with Gasteiger partial charge in [0.15, 0.2) is 0 Å². The van der Waals surface area contributed by atoms with Gasteiger partial charge < -0.3 is 4.42 Å². The Hall–Kier alpha value is -3.15. The van der Waals surface area contributed by atoms with Gasteiger partial charge in [0.05, 0.1) is 35.1 Å². The monoisotopic (exact) mass is 322 g/mol. The molecule has 0 saturated carbocycles. The van der Waals surface area contributed by atoms with Crippen molar-refractivity contribution in [1.29, 1.82) is 0 Å². The van der Waals surface area contributed by atoms with Crippen LogP contribution in [0.25, 0.3) is 5.69 Å². The quantitative estimate of drug-likeness (QED) is 0.592. The van der Waals surface area contributed by atoms with Crippen LogP contribution in [0.3, 0.4) is 0 Å². The molecule has 6 heteroatoms. The molecule has 0 aliphatic carbocycles. The Kier molecular flexibility index (Phi) is 4.29. The number of para-hydroxylation sites is 1. The van der Waals surface area contributed by atoms with Gasteiger partial charge in [-0.1, -0.05) is 18.2 Å². The molecule has 6 nitrogen and oxygen atoms in total. The Morgan fingerprint density at radius 1 is 1.21 bits per heavy atom. The average Bonchev–Trinajstić information content (AvgIpc) is 3.13. The van der Waals surface area contributed by atoms with Gasteiger partial charge in [-0.15, -0.1) is 0 Å². The number of carbonyl (C=O) groups is 1. The smallest absolute Gasteiger partial charge is 0.274 e. The summed E-state index contributed by atoms with van der Waals surface area (Å²) >= 11 is 0. The van der Waals surface area contributed by atoms with Crippen LogP contribution >= 0.6 is 0 Å². The van der Waals surface area contributed by atoms with E-state index in [0.717, 1.165) is 22.6 Å². The van der Waals surface area contributed by atoms with E-state index in [4.69, 9.17) is 4.42 Å². The summed E-state index contributed by atoms with van der Waals surface area (Å²) in [5.41, 5.74) is 6.64. The molecule has 0 aliphatic heterocycles. The molecule has 0 radical (unpaired) electrons. The zero-order valence-electron chi connectivity index (χ0n) is 13.8. The molecule has 0 spiro atoms. The Balaban J connectivity index is 1.80. The molecule has 2 heterocycles. The van der Waals surface area contributed by atoms with Crippen molar-refractivity contribution in [2.24, 2.45) is 5.10 Å². The van der Waals surface area contributed by atoms with E-state index in [-0.39, 0.29) is 5.91 Å². The molecule has 1 amide bonds. The topological polar surface area (TPSA) is 72.4 Å². The molecular formula is C18H18N4O2. The number of aryl methyl sites for hydroxylation is 2. The molecule has 0 unspecified atom stereocenters. The molecule has 0 atom stereocenters. The fraction of sp³-hybridized carbons (Fsp3) is 0.167. The second kappa shape index (κ2) is 6.54. The predicted octanol–water partition coefficient (Wildman–Crippen LogP) is 3.15. The summed E-state index contributed by atoms with van der Waals surface area (Å²) in [4.78, 5) is 12.0. The second-order valence-electron chi connectivity index (χ2n) is 5.42. The van der Waals surface area contributed by atoms with Crippen molar-refractivity contribution in [3.05, 3.63) is 70.9 Å². The minimum absolute atomic E-state index is 0.303. The maximum absolute atomic E-state index is 12.0. The van der Waals surface area contributed by atoms with Gasteiger partial charge in [0.1, 0.15) is 5.76 Å². The molecule has 0 bridgehead atoms. The van der Waals surface area contributed by atoms with Crippen LogP contribution in [-0.2, 0) is 0 Å². The van der Waals surface area contributed by atoms with Crippen LogP contribution in [0.1, 0.15) is 33.1 Å². The molecule has 1 aromatic carbocycles. The zero-order valence-corrected chi connectivity index (χ0v) is 13.8. The van der Waals surface area contributed by atoms with Gasteiger partial charge in [0, 0.05) is 5.56 Å². The highest BCUT2D eigenvalue weighted by molar-refractivity contribution is 5.95. The molecule has 0 aliphatic rings. The third kappa shape index (κ3) is 2.99. The van der Waals surface area contributed by atoms with E-state index in [1.54, 1.807) is 19.2 Å². The lowest BCUT2D eigenvalue weighted by atomic mass is 10.2. The van der Waals surface area contributed by atoms with Crippen LogP contribution in [0, 0.1) is 20.8 Å². The van der Waals surface area contributed by atoms with Crippen molar-refractivity contribution in [1.82, 2.24) is 15.2 Å². The predicted molar refractivity (Wildman–Crippen MR) is 91.5 cm³/mol. The average molecular weight is 322 g/mol. The van der Waals surface area contributed by atoms with Crippen LogP contribution in [0.2, 0.25) is 0 Å². The van der Waals surface area contributed by atoms with Crippen molar-refractivity contribution >= 4 is 12.1 Å². The normalized spacial score (nSPS) is 11.1. The molecule has 2 aromatic heterocycles. The number of aromatic nitrogens is 2. The van der Waals surface area contributed by atoms with Gasteiger partial charge in [-0.05, 0) is 39.0 Å². The molecule has 0 saturated heterocycles. The molecule has 122 valence electrons. The van der Waals surface area contributed by atoms with Gasteiger partial charge in [0.25, 0.3) is 5.91 Å². The minimum atomic E-state index is -0.303. The van der Waals surface area contributed by atoms with Gasteiger partial charge in [-0.3, -0.25) is 4.79 Å². The number of nitrogens with zero attached hydrogens (tertiary/aromatic N) is 3. The Morgan fingerprint density at radius 3 is 2.62 bits per heavy atom. The van der Waals surface area contributed by atoms with E-state index in [2.05, 4.69) is 15.6 Å². The summed E-state index contributed by atoms with van der Waals surface area (Å²) in [6.07, 6.45) is 3.09. The number of hydrogen-bond acceptors (Lipinski definition) is 4. The van der Waals surface area contributed by atoms with E-state index in [1.807, 2.05) is 48.9 Å². The summed E-state index contributed by atoms with van der Waals surface area (Å²) in [6, 6.07) is 11.5. The number of hydrazone groups is 1. The number of carbonyl (C=O) groups excluding carboxylic acids is 1. The van der Waals surface area contributed by atoms with Gasteiger partial charge in [-0.25, -0.2) is 10.1 Å². The van der Waals surface area contributed by atoms with Gasteiger partial charge >= 0.3 is 0 Å². The van der Waals surface area contributed by atoms with E-state index >= 15 is 0 Å². The van der Waals surface area contributed by atoms with Crippen LogP contribution in [0.4, 0.5) is 0 Å². The SMILES string of the molecule is Cc1nn(-c2ccccc2)c(C)c1/C=N/NC(=O)c1ccoc1C. The van der Waals surface area contributed by atoms with E-state index in [0.29, 0.717) is 11.3 Å². The molecule has 3 rings (SSSR count). The maximum atomic E-state index is 12.0. The lowest BCUT2D eigenvalue weighted by Gasteiger charge is -2.03. The van der Waals surface area contributed by atoms with Crippen molar-refractivity contribution in [3.63, 3.8) is 0 Å². The van der Waals surface area contributed by atoms with Crippen LogP contribution in [-0.4, -0.2) is 21.9 Å². The fourth-order valence-electron chi connectivity index (χ4n) is 2.50. The third-order valence-electron chi connectivity index (χ3n) is 3.81. The first-order valence-corrected chi connectivity index (χ1v) is 7.57. The Morgan fingerprint density at radius 2 is 1.96 bits per heavy atom. The summed E-state index contributed by atoms with van der Waals surface area (Å²) in [5, 5.41) is 8.59. The first-order valence-electron chi connectivity index (χ1n) is 7.57. The molecule has 3 aromatic rings. The molecule has 0 fully saturated rings. The van der Waals surface area contributed by atoms with Crippen molar-refractivity contribution in [2.75, 3.05) is 0 Å². The highest BCUT2D eigenvalue weighted by Gasteiger charge is 2.12. The Bertz CT molecular complexity index is 891. The highest BCUT2D eigenvalue weighted by atomic mass is 16.3. The number of furan rings is 1. The summed E-state index contributed by atoms with van der Waals surface area (Å²) in [7, 11) is 0. The molecular weight excluding hydrogens is 304 g/mol. The van der Waals surface area contributed by atoms with Gasteiger partial charge in [-0.2, -0.15) is 10.2 Å². The fourth-order valence-corrected chi connectivity index (χ4v) is 2.50. The number of rotatable bonds is 4. The second-order valence-corrected chi connectivity index (χ2v) is 5.42. The highest BCUT2D eigenvalue weighted by Crippen LogP contribution is 2.16. The Labute approximate surface area is 139 Å². The maximum Gasteiger partial charge on any atom is 0.274 e. The van der Waals surface area contributed by atoms with Gasteiger partial charge in [0.2, 0.25) is 0 Å². The van der Waals surface area contributed by atoms with Crippen molar-refractivity contribution in [3.8, 4) is 5.69 Å². The standard InChI is InChI=1S/C18H18N4O2/c1-12-17(11-19-20-18(23)16-9-10-24-14(16)3)13(2)22(21-12)15-7-5-4-6-8-15/h4-11H,1-3H3,(H,20,23)/b19-11+. The third-order valence-corrected chi connectivity index (χ3v) is 3.81. The van der Waals surface area contributed by atoms with Crippen LogP contribution in [0.15, 0.2) is 52.2 Å². The number of benzene rings is 1. The summed E-state index contributed by atoms with van der Waals surface area (Å²) in [5.74, 6) is 0.259. The van der Waals surface area contributed by atoms with Crippen molar-refractivity contribution < 1.29 is 9.21 Å². The van der Waals surface area contributed by atoms with Crippen LogP contribution in [0.5, 0.6) is 0 Å². The number of hydrogen-bond donors (Lipinski definition) is 1. The summed E-state index contributed by atoms with van der Waals surface area (Å²) in [6.45, 7) is 5.61.